The van der Waals surface area contributed by atoms with Gasteiger partial charge in [-0.25, -0.2) is 4.79 Å². The number of benzene rings is 3. The zero-order valence-electron chi connectivity index (χ0n) is 31.3. The van der Waals surface area contributed by atoms with E-state index in [9.17, 15) is 25.1 Å². The number of nitriles is 1. The predicted molar refractivity (Wildman–Crippen MR) is 198 cm³/mol. The van der Waals surface area contributed by atoms with Crippen LogP contribution in [0.15, 0.2) is 18.2 Å². The molecule has 14 nitrogen and oxygen atoms in total. The molecule has 2 saturated heterocycles. The van der Waals surface area contributed by atoms with E-state index in [1.54, 1.807) is 12.1 Å². The molecule has 1 spiro atoms. The van der Waals surface area contributed by atoms with Crippen molar-refractivity contribution in [1.82, 2.24) is 15.1 Å². The lowest BCUT2D eigenvalue weighted by atomic mass is 9.71. The largest absolute Gasteiger partial charge is 0.504 e. The van der Waals surface area contributed by atoms with Gasteiger partial charge in [0.2, 0.25) is 6.79 Å². The zero-order valence-corrected chi connectivity index (χ0v) is 32.2. The van der Waals surface area contributed by atoms with Gasteiger partial charge in [0.25, 0.3) is 0 Å². The molecule has 2 fully saturated rings. The van der Waals surface area contributed by atoms with Crippen LogP contribution in [0.3, 0.4) is 0 Å². The fourth-order valence-corrected chi connectivity index (χ4v) is 11.9. The molecule has 3 aromatic rings. The van der Waals surface area contributed by atoms with Crippen molar-refractivity contribution >= 4 is 23.7 Å². The topological polar surface area (TPSA) is 172 Å². The first-order valence-corrected chi connectivity index (χ1v) is 19.4. The van der Waals surface area contributed by atoms with E-state index in [-0.39, 0.29) is 42.4 Å². The molecule has 7 heterocycles. The number of ether oxygens (including phenoxy) is 6. The quantitative estimate of drug-likeness (QED) is 0.258. The SMILES string of the molecule is COc1cc2c(cc1O)CCN[C@@]21CS[C@@H]2c3c(OC(C)=O)c(C)c4c(c3[C@H](COC1=O)N1C2[C@H]2c3c(cc(C)c(OC)c3O)C[C@@H]([C@@H]1C#N)N2C)OCO4. The molecule has 7 aliphatic heterocycles. The number of phenols is 2. The molecular formula is C40H42N4O10S. The Hall–Kier alpha value is -4.88. The molecule has 10 rings (SSSR count). The van der Waals surface area contributed by atoms with Crippen LogP contribution in [-0.4, -0.2) is 97.0 Å². The highest BCUT2D eigenvalue weighted by molar-refractivity contribution is 7.99. The first-order valence-electron chi connectivity index (χ1n) is 18.3. The highest BCUT2D eigenvalue weighted by Crippen LogP contribution is 2.64. The van der Waals surface area contributed by atoms with Crippen molar-refractivity contribution in [3.63, 3.8) is 0 Å². The minimum absolute atomic E-state index is 0.0239. The number of aryl methyl sites for hydroxylation is 1. The number of aromatic hydroxyl groups is 2. The van der Waals surface area contributed by atoms with E-state index in [1.165, 1.54) is 32.9 Å². The van der Waals surface area contributed by atoms with Gasteiger partial charge in [-0.2, -0.15) is 5.26 Å². The number of carbonyl (C=O) groups excluding carboxylic acids is 2. The van der Waals surface area contributed by atoms with Crippen molar-refractivity contribution < 1.29 is 48.2 Å². The standard InChI is InChI=1S/C40H42N4O10S/c1-17-9-21-10-23-24(13-41)44-25-14-51-39(48)40(22-12-27(49-5)26(46)11-20(22)7-8-42-40)15-55-38(32(44)31(43(23)4)28(21)33(47)34(17)50-6)30-29(25)37-36(52-16-53-37)18(2)35(30)54-19(3)45/h9,11-12,23-25,31-32,38,42,46-47H,7-8,10,14-16H2,1-6H3/t23-,24-,25-,31+,32?,38+,40-/m0/s1. The second-order valence-electron chi connectivity index (χ2n) is 15.1. The minimum Gasteiger partial charge on any atom is -0.504 e. The number of methoxy groups -OCH3 is 2. The molecule has 1 unspecified atom stereocenters. The van der Waals surface area contributed by atoms with Crippen LogP contribution < -0.4 is 29.0 Å². The number of esters is 2. The van der Waals surface area contributed by atoms with E-state index in [4.69, 9.17) is 28.4 Å². The lowest BCUT2D eigenvalue weighted by molar-refractivity contribution is -0.157. The molecule has 3 N–H and O–H groups in total. The van der Waals surface area contributed by atoms with Crippen LogP contribution in [0.4, 0.5) is 0 Å². The highest BCUT2D eigenvalue weighted by atomic mass is 32.2. The Kier molecular flexibility index (Phi) is 8.36. The Morgan fingerprint density at radius 3 is 2.56 bits per heavy atom. The number of likely N-dealkylation sites (N-methyl/N-ethyl adjacent to an activating group) is 1. The minimum atomic E-state index is -1.36. The summed E-state index contributed by atoms with van der Waals surface area (Å²) in [7, 11) is 4.99. The molecule has 3 aromatic carbocycles. The van der Waals surface area contributed by atoms with Gasteiger partial charge in [-0.15, -0.1) is 11.8 Å². The third kappa shape index (κ3) is 4.90. The Balaban J connectivity index is 1.33. The summed E-state index contributed by atoms with van der Waals surface area (Å²) in [5, 5.41) is 36.9. The van der Waals surface area contributed by atoms with Gasteiger partial charge >= 0.3 is 11.9 Å². The van der Waals surface area contributed by atoms with Crippen LogP contribution in [0.1, 0.15) is 68.8 Å². The van der Waals surface area contributed by atoms with Crippen LogP contribution in [0.25, 0.3) is 0 Å². The second kappa shape index (κ2) is 12.8. The summed E-state index contributed by atoms with van der Waals surface area (Å²) in [6.07, 6.45) is 1.05. The molecule has 7 atom stereocenters. The van der Waals surface area contributed by atoms with Crippen molar-refractivity contribution in [2.75, 3.05) is 47.0 Å². The Labute approximate surface area is 322 Å². The Morgan fingerprint density at radius 1 is 1.05 bits per heavy atom. The van der Waals surface area contributed by atoms with Gasteiger partial charge in [0.1, 0.15) is 18.4 Å². The van der Waals surface area contributed by atoms with Gasteiger partial charge in [0.15, 0.2) is 40.0 Å². The molecule has 0 aliphatic carbocycles. The molecule has 15 heteroatoms. The van der Waals surface area contributed by atoms with Crippen LogP contribution in [0, 0.1) is 25.2 Å². The fraction of sp³-hybridized carbons (Fsp3) is 0.475. The summed E-state index contributed by atoms with van der Waals surface area (Å²) in [6.45, 7) is 5.28. The van der Waals surface area contributed by atoms with Crippen molar-refractivity contribution in [2.45, 2.75) is 74.6 Å². The lowest BCUT2D eigenvalue weighted by Crippen LogP contribution is -2.69. The highest BCUT2D eigenvalue weighted by Gasteiger charge is 2.62. The van der Waals surface area contributed by atoms with Gasteiger partial charge in [-0.1, -0.05) is 6.07 Å². The maximum Gasteiger partial charge on any atom is 0.331 e. The normalized spacial score (nSPS) is 28.9. The van der Waals surface area contributed by atoms with Gasteiger partial charge in [-0.05, 0) is 68.1 Å². The van der Waals surface area contributed by atoms with Gasteiger partial charge in [0.05, 0.1) is 37.6 Å². The molecule has 55 heavy (non-hydrogen) atoms. The van der Waals surface area contributed by atoms with Gasteiger partial charge in [-0.3, -0.25) is 19.9 Å². The Morgan fingerprint density at radius 2 is 1.84 bits per heavy atom. The predicted octanol–water partition coefficient (Wildman–Crippen LogP) is 3.99. The molecule has 4 bridgehead atoms. The Bertz CT molecular complexity index is 2220. The maximum absolute atomic E-state index is 14.7. The fourth-order valence-electron chi connectivity index (χ4n) is 10.2. The summed E-state index contributed by atoms with van der Waals surface area (Å²) in [5.41, 5.74) is 4.41. The van der Waals surface area contributed by atoms with Crippen LogP contribution >= 0.6 is 11.8 Å². The molecule has 0 amide bonds. The van der Waals surface area contributed by atoms with E-state index in [0.29, 0.717) is 70.2 Å². The summed E-state index contributed by atoms with van der Waals surface area (Å²) in [6, 6.07) is 5.28. The summed E-state index contributed by atoms with van der Waals surface area (Å²) in [4.78, 5) is 32.0. The second-order valence-corrected chi connectivity index (χ2v) is 16.2. The van der Waals surface area contributed by atoms with E-state index < -0.39 is 46.9 Å². The third-order valence-electron chi connectivity index (χ3n) is 12.4. The number of thioether (sulfide) groups is 1. The smallest absolute Gasteiger partial charge is 0.331 e. The lowest BCUT2D eigenvalue weighted by Gasteiger charge is -2.62. The number of carbonyl (C=O) groups is 2. The number of nitrogens with zero attached hydrogens (tertiary/aromatic N) is 3. The number of fused-ring (bicyclic) bond motifs is 9. The summed E-state index contributed by atoms with van der Waals surface area (Å²) >= 11 is 1.48. The maximum atomic E-state index is 14.7. The number of piperazine rings is 1. The van der Waals surface area contributed by atoms with E-state index >= 15 is 0 Å². The molecule has 0 aromatic heterocycles. The van der Waals surface area contributed by atoms with Crippen LogP contribution in [0.5, 0.6) is 40.2 Å². The first kappa shape index (κ1) is 35.8. The number of nitrogens with one attached hydrogen (secondary N) is 1. The molecule has 7 aliphatic rings. The van der Waals surface area contributed by atoms with Gasteiger partial charge in [0, 0.05) is 53.6 Å². The zero-order chi connectivity index (χ0) is 38.7. The van der Waals surface area contributed by atoms with Crippen molar-refractivity contribution in [1.29, 1.82) is 5.26 Å². The summed E-state index contributed by atoms with van der Waals surface area (Å²) in [5.74, 6) is 0.973. The van der Waals surface area contributed by atoms with E-state index in [0.717, 1.165) is 16.7 Å². The van der Waals surface area contributed by atoms with E-state index in [2.05, 4.69) is 21.2 Å². The van der Waals surface area contributed by atoms with Crippen LogP contribution in [-0.2, 0) is 32.7 Å². The third-order valence-corrected chi connectivity index (χ3v) is 13.9. The van der Waals surface area contributed by atoms with E-state index in [1.807, 2.05) is 27.0 Å². The average molecular weight is 771 g/mol. The van der Waals surface area contributed by atoms with Crippen molar-refractivity contribution in [2.24, 2.45) is 0 Å². The molecule has 0 radical (unpaired) electrons. The number of phenolic OH excluding ortho intramolecular Hbond substituents is 2. The molecule has 0 saturated carbocycles. The van der Waals surface area contributed by atoms with Crippen LogP contribution in [0.2, 0.25) is 0 Å². The summed E-state index contributed by atoms with van der Waals surface area (Å²) < 4.78 is 36.1. The molecular weight excluding hydrogens is 729 g/mol. The number of rotatable bonds is 3. The van der Waals surface area contributed by atoms with Crippen molar-refractivity contribution in [3.05, 3.63) is 62.7 Å². The first-order chi connectivity index (χ1) is 26.4. The van der Waals surface area contributed by atoms with Crippen molar-refractivity contribution in [3.8, 4) is 46.3 Å². The monoisotopic (exact) mass is 770 g/mol. The number of hydrogen-bond acceptors (Lipinski definition) is 15. The average Bonchev–Trinajstić information content (AvgIpc) is 3.65. The number of hydrogen-bond donors (Lipinski definition) is 3. The molecule has 288 valence electrons. The van der Waals surface area contributed by atoms with Gasteiger partial charge < -0.3 is 38.6 Å².